The van der Waals surface area contributed by atoms with Crippen molar-refractivity contribution in [1.82, 2.24) is 4.57 Å². The van der Waals surface area contributed by atoms with Gasteiger partial charge in [-0.05, 0) is 19.4 Å². The molecule has 1 heterocycles. The average molecular weight is 291 g/mol. The number of para-hydroxylation sites is 2. The highest BCUT2D eigenvalue weighted by molar-refractivity contribution is 7.07. The molecule has 6 heteroatoms. The number of aryl methyl sites for hydroxylation is 1. The number of unbranched alkanes of at least 4 members (excludes halogenated alkanes) is 1. The van der Waals surface area contributed by atoms with Crippen molar-refractivity contribution in [2.45, 2.75) is 33.2 Å². The van der Waals surface area contributed by atoms with Gasteiger partial charge in [-0.2, -0.15) is 0 Å². The molecule has 2 aromatic rings. The Bertz CT molecular complexity index is 673. The largest absolute Gasteiger partial charge is 0.321 e. The standard InChI is InChI=1S/C14H17N3O2S/c1-3-4-9-16-11(2)10-20-14(16)15-12-7-5-6-8-13(12)17(18)19/h5-8,10H,3-4,9H2,1-2H3. The zero-order valence-corrected chi connectivity index (χ0v) is 12.4. The van der Waals surface area contributed by atoms with Gasteiger partial charge in [-0.25, -0.2) is 4.99 Å². The highest BCUT2D eigenvalue weighted by Gasteiger charge is 2.12. The molecule has 5 nitrogen and oxygen atoms in total. The van der Waals surface area contributed by atoms with Gasteiger partial charge in [0.05, 0.1) is 4.92 Å². The Labute approximate surface area is 121 Å². The molecule has 0 aliphatic carbocycles. The number of nitro benzene ring substituents is 1. The van der Waals surface area contributed by atoms with Crippen LogP contribution in [0, 0.1) is 17.0 Å². The molecule has 20 heavy (non-hydrogen) atoms. The third-order valence-corrected chi connectivity index (χ3v) is 4.00. The zero-order valence-electron chi connectivity index (χ0n) is 11.6. The second-order valence-corrected chi connectivity index (χ2v) is 5.36. The van der Waals surface area contributed by atoms with E-state index in [1.807, 2.05) is 12.3 Å². The summed E-state index contributed by atoms with van der Waals surface area (Å²) in [6, 6.07) is 6.58. The molecule has 0 radical (unpaired) electrons. The van der Waals surface area contributed by atoms with Gasteiger partial charge in [0.2, 0.25) is 0 Å². The fourth-order valence-electron chi connectivity index (χ4n) is 1.91. The lowest BCUT2D eigenvalue weighted by atomic mass is 10.3. The normalized spacial score (nSPS) is 11.8. The minimum absolute atomic E-state index is 0.0422. The Morgan fingerprint density at radius 3 is 2.85 bits per heavy atom. The first-order valence-electron chi connectivity index (χ1n) is 6.56. The van der Waals surface area contributed by atoms with Gasteiger partial charge in [-0.1, -0.05) is 25.5 Å². The monoisotopic (exact) mass is 291 g/mol. The third kappa shape index (κ3) is 3.14. The molecule has 0 spiro atoms. The van der Waals surface area contributed by atoms with Crippen LogP contribution >= 0.6 is 11.3 Å². The van der Waals surface area contributed by atoms with Crippen LogP contribution in [0.2, 0.25) is 0 Å². The van der Waals surface area contributed by atoms with Crippen LogP contribution < -0.4 is 4.80 Å². The molecule has 1 aromatic carbocycles. The van der Waals surface area contributed by atoms with Crippen LogP contribution in [0.3, 0.4) is 0 Å². The van der Waals surface area contributed by atoms with E-state index in [9.17, 15) is 10.1 Å². The molecule has 0 unspecified atom stereocenters. The van der Waals surface area contributed by atoms with Crippen molar-refractivity contribution in [3.63, 3.8) is 0 Å². The van der Waals surface area contributed by atoms with Gasteiger partial charge in [0, 0.05) is 23.7 Å². The number of hydrogen-bond acceptors (Lipinski definition) is 4. The molecule has 1 aromatic heterocycles. The molecule has 0 aliphatic heterocycles. The lowest BCUT2D eigenvalue weighted by molar-refractivity contribution is -0.384. The Balaban J connectivity index is 2.49. The van der Waals surface area contributed by atoms with Crippen molar-refractivity contribution in [3.8, 4) is 0 Å². The highest BCUT2D eigenvalue weighted by atomic mass is 32.1. The summed E-state index contributed by atoms with van der Waals surface area (Å²) in [5.41, 5.74) is 1.59. The highest BCUT2D eigenvalue weighted by Crippen LogP contribution is 2.25. The predicted molar refractivity (Wildman–Crippen MR) is 80.3 cm³/mol. The van der Waals surface area contributed by atoms with Crippen LogP contribution in [-0.4, -0.2) is 9.49 Å². The van der Waals surface area contributed by atoms with E-state index in [1.165, 1.54) is 17.4 Å². The molecule has 0 bridgehead atoms. The lowest BCUT2D eigenvalue weighted by Gasteiger charge is -2.04. The van der Waals surface area contributed by atoms with Gasteiger partial charge in [-0.3, -0.25) is 10.1 Å². The topological polar surface area (TPSA) is 60.4 Å². The van der Waals surface area contributed by atoms with Gasteiger partial charge < -0.3 is 4.57 Å². The Morgan fingerprint density at radius 1 is 1.40 bits per heavy atom. The van der Waals surface area contributed by atoms with E-state index in [1.54, 1.807) is 18.2 Å². The van der Waals surface area contributed by atoms with Crippen molar-refractivity contribution in [1.29, 1.82) is 0 Å². The van der Waals surface area contributed by atoms with Crippen molar-refractivity contribution < 1.29 is 4.92 Å². The van der Waals surface area contributed by atoms with Crippen LogP contribution in [-0.2, 0) is 6.54 Å². The average Bonchev–Trinajstić information content (AvgIpc) is 2.77. The maximum Gasteiger partial charge on any atom is 0.294 e. The van der Waals surface area contributed by atoms with Crippen LogP contribution in [0.15, 0.2) is 34.6 Å². The van der Waals surface area contributed by atoms with E-state index < -0.39 is 4.92 Å². The number of nitro groups is 1. The van der Waals surface area contributed by atoms with Crippen LogP contribution in [0.25, 0.3) is 0 Å². The summed E-state index contributed by atoms with van der Waals surface area (Å²) in [4.78, 5) is 15.9. The number of nitrogens with zero attached hydrogens (tertiary/aromatic N) is 3. The van der Waals surface area contributed by atoms with Gasteiger partial charge in [0.25, 0.3) is 5.69 Å². The summed E-state index contributed by atoms with van der Waals surface area (Å²) in [7, 11) is 0. The molecule has 0 fully saturated rings. The molecule has 0 amide bonds. The fraction of sp³-hybridized carbons (Fsp3) is 0.357. The summed E-state index contributed by atoms with van der Waals surface area (Å²) < 4.78 is 2.12. The van der Waals surface area contributed by atoms with Crippen LogP contribution in [0.5, 0.6) is 0 Å². The number of thiazole rings is 1. The van der Waals surface area contributed by atoms with E-state index in [-0.39, 0.29) is 5.69 Å². The third-order valence-electron chi connectivity index (χ3n) is 3.02. The minimum atomic E-state index is -0.393. The summed E-state index contributed by atoms with van der Waals surface area (Å²) in [6.45, 7) is 5.07. The maximum absolute atomic E-state index is 11.0. The first kappa shape index (κ1) is 14.5. The number of benzene rings is 1. The minimum Gasteiger partial charge on any atom is -0.321 e. The smallest absolute Gasteiger partial charge is 0.294 e. The molecule has 106 valence electrons. The van der Waals surface area contributed by atoms with Crippen LogP contribution in [0.4, 0.5) is 11.4 Å². The van der Waals surface area contributed by atoms with E-state index in [0.29, 0.717) is 5.69 Å². The first-order chi connectivity index (χ1) is 9.63. The lowest BCUT2D eigenvalue weighted by Crippen LogP contribution is -2.16. The fourth-order valence-corrected chi connectivity index (χ4v) is 2.82. The number of rotatable bonds is 5. The van der Waals surface area contributed by atoms with Gasteiger partial charge in [0.1, 0.15) is 5.69 Å². The Kier molecular flexibility index (Phi) is 4.68. The molecule has 0 N–H and O–H groups in total. The second kappa shape index (κ2) is 6.47. The number of aromatic nitrogens is 1. The SMILES string of the molecule is CCCCn1c(C)csc1=Nc1ccccc1[N+](=O)[O-]. The Morgan fingerprint density at radius 2 is 2.15 bits per heavy atom. The molecular weight excluding hydrogens is 274 g/mol. The Hall–Kier alpha value is -1.95. The maximum atomic E-state index is 11.0. The quantitative estimate of drug-likeness (QED) is 0.621. The van der Waals surface area contributed by atoms with E-state index >= 15 is 0 Å². The predicted octanol–water partition coefficient (Wildman–Crippen LogP) is 3.80. The van der Waals surface area contributed by atoms with Crippen molar-refractivity contribution in [2.75, 3.05) is 0 Å². The summed E-state index contributed by atoms with van der Waals surface area (Å²) in [6.07, 6.45) is 2.18. The van der Waals surface area contributed by atoms with Crippen molar-refractivity contribution in [3.05, 3.63) is 50.3 Å². The van der Waals surface area contributed by atoms with Gasteiger partial charge in [0.15, 0.2) is 4.80 Å². The molecular formula is C14H17N3O2S. The summed E-state index contributed by atoms with van der Waals surface area (Å²) in [5, 5.41) is 13.0. The number of hydrogen-bond donors (Lipinski definition) is 0. The summed E-state index contributed by atoms with van der Waals surface area (Å²) in [5.74, 6) is 0. The van der Waals surface area contributed by atoms with Crippen molar-refractivity contribution >= 4 is 22.7 Å². The van der Waals surface area contributed by atoms with Gasteiger partial charge in [-0.15, -0.1) is 11.3 Å². The second-order valence-electron chi connectivity index (χ2n) is 4.52. The zero-order chi connectivity index (χ0) is 14.5. The van der Waals surface area contributed by atoms with Crippen molar-refractivity contribution in [2.24, 2.45) is 4.99 Å². The van der Waals surface area contributed by atoms with Gasteiger partial charge >= 0.3 is 0 Å². The van der Waals surface area contributed by atoms with Crippen LogP contribution in [0.1, 0.15) is 25.5 Å². The summed E-state index contributed by atoms with van der Waals surface area (Å²) >= 11 is 1.52. The molecule has 0 aliphatic rings. The van der Waals surface area contributed by atoms with E-state index in [0.717, 1.165) is 29.9 Å². The molecule has 0 atom stereocenters. The molecule has 0 saturated heterocycles. The van der Waals surface area contributed by atoms with E-state index in [2.05, 4.69) is 16.5 Å². The molecule has 0 saturated carbocycles. The molecule has 2 rings (SSSR count). The van der Waals surface area contributed by atoms with E-state index in [4.69, 9.17) is 0 Å². The first-order valence-corrected chi connectivity index (χ1v) is 7.44.